The first-order valence-corrected chi connectivity index (χ1v) is 8.24. The van der Waals surface area contributed by atoms with Crippen molar-refractivity contribution < 1.29 is 14.6 Å². The molecule has 124 valence electrons. The molecule has 21 heavy (non-hydrogen) atoms. The summed E-state index contributed by atoms with van der Waals surface area (Å²) in [6.45, 7) is 11.8. The van der Waals surface area contributed by atoms with E-state index in [0.29, 0.717) is 12.8 Å². The lowest BCUT2D eigenvalue weighted by atomic mass is 9.89. The highest BCUT2D eigenvalue weighted by atomic mass is 16.5. The zero-order valence-corrected chi connectivity index (χ0v) is 14.0. The summed E-state index contributed by atoms with van der Waals surface area (Å²) >= 11 is 0. The Bertz CT molecular complexity index is 323. The predicted octanol–water partition coefficient (Wildman–Crippen LogP) is 2.11. The molecule has 5 nitrogen and oxygen atoms in total. The van der Waals surface area contributed by atoms with E-state index in [2.05, 4.69) is 17.1 Å². The first kappa shape index (κ1) is 18.4. The summed E-state index contributed by atoms with van der Waals surface area (Å²) in [6, 6.07) is 0.174. The fraction of sp³-hybridized carbons (Fsp3) is 0.938. The highest BCUT2D eigenvalue weighted by Crippen LogP contribution is 2.20. The van der Waals surface area contributed by atoms with Crippen molar-refractivity contribution in [3.05, 3.63) is 0 Å². The summed E-state index contributed by atoms with van der Waals surface area (Å²) < 4.78 is 5.64. The van der Waals surface area contributed by atoms with Gasteiger partial charge in [0.2, 0.25) is 0 Å². The SMILES string of the molecule is CCC(CCCN1CCCOC(C)C1)(NC(C)C)C(=O)O. The second-order valence-electron chi connectivity index (χ2n) is 6.48. The highest BCUT2D eigenvalue weighted by molar-refractivity contribution is 5.78. The number of ether oxygens (including phenoxy) is 1. The number of rotatable bonds is 8. The Morgan fingerprint density at radius 1 is 1.52 bits per heavy atom. The molecule has 0 saturated carbocycles. The monoisotopic (exact) mass is 300 g/mol. The molecule has 0 aromatic rings. The van der Waals surface area contributed by atoms with Gasteiger partial charge in [-0.25, -0.2) is 0 Å². The zero-order valence-electron chi connectivity index (χ0n) is 14.0. The molecule has 0 bridgehead atoms. The minimum absolute atomic E-state index is 0.174. The smallest absolute Gasteiger partial charge is 0.323 e. The van der Waals surface area contributed by atoms with E-state index in [1.165, 1.54) is 0 Å². The third-order valence-electron chi connectivity index (χ3n) is 4.19. The lowest BCUT2D eigenvalue weighted by Crippen LogP contribution is -2.54. The van der Waals surface area contributed by atoms with Crippen LogP contribution in [0, 0.1) is 0 Å². The Morgan fingerprint density at radius 2 is 2.24 bits per heavy atom. The maximum Gasteiger partial charge on any atom is 0.323 e. The minimum atomic E-state index is -0.790. The molecular weight excluding hydrogens is 268 g/mol. The molecule has 0 aliphatic carbocycles. The Morgan fingerprint density at radius 3 is 2.81 bits per heavy atom. The van der Waals surface area contributed by atoms with Crippen LogP contribution >= 0.6 is 0 Å². The molecule has 5 heteroatoms. The van der Waals surface area contributed by atoms with Crippen LogP contribution in [0.3, 0.4) is 0 Å². The van der Waals surface area contributed by atoms with Crippen molar-refractivity contribution in [1.29, 1.82) is 0 Å². The van der Waals surface area contributed by atoms with Crippen molar-refractivity contribution in [2.24, 2.45) is 0 Å². The van der Waals surface area contributed by atoms with Gasteiger partial charge in [-0.3, -0.25) is 10.1 Å². The molecule has 1 fully saturated rings. The minimum Gasteiger partial charge on any atom is -0.480 e. The maximum absolute atomic E-state index is 11.7. The Kier molecular flexibility index (Phi) is 7.63. The summed E-state index contributed by atoms with van der Waals surface area (Å²) in [4.78, 5) is 14.1. The molecule has 1 heterocycles. The van der Waals surface area contributed by atoms with Gasteiger partial charge >= 0.3 is 5.97 Å². The van der Waals surface area contributed by atoms with Gasteiger partial charge in [0.15, 0.2) is 0 Å². The van der Waals surface area contributed by atoms with Crippen molar-refractivity contribution in [2.75, 3.05) is 26.2 Å². The lowest BCUT2D eigenvalue weighted by Gasteiger charge is -2.32. The molecule has 1 aliphatic rings. The molecule has 1 rings (SSSR count). The topological polar surface area (TPSA) is 61.8 Å². The van der Waals surface area contributed by atoms with Gasteiger partial charge in [-0.15, -0.1) is 0 Å². The Balaban J connectivity index is 2.50. The number of carboxylic acids is 1. The summed E-state index contributed by atoms with van der Waals surface area (Å²) in [5.41, 5.74) is -0.790. The number of aliphatic carboxylic acids is 1. The second-order valence-corrected chi connectivity index (χ2v) is 6.48. The molecule has 1 aliphatic heterocycles. The van der Waals surface area contributed by atoms with Gasteiger partial charge in [-0.05, 0) is 53.0 Å². The molecule has 0 spiro atoms. The fourth-order valence-electron chi connectivity index (χ4n) is 3.11. The van der Waals surface area contributed by atoms with Crippen LogP contribution in [0.25, 0.3) is 0 Å². The number of hydrogen-bond donors (Lipinski definition) is 2. The van der Waals surface area contributed by atoms with Gasteiger partial charge in [-0.1, -0.05) is 6.92 Å². The third-order valence-corrected chi connectivity index (χ3v) is 4.19. The van der Waals surface area contributed by atoms with E-state index < -0.39 is 11.5 Å². The van der Waals surface area contributed by atoms with Crippen molar-refractivity contribution in [2.45, 2.75) is 71.1 Å². The van der Waals surface area contributed by atoms with E-state index in [1.54, 1.807) is 0 Å². The summed E-state index contributed by atoms with van der Waals surface area (Å²) in [5, 5.41) is 12.9. The van der Waals surface area contributed by atoms with Gasteiger partial charge in [0, 0.05) is 25.7 Å². The van der Waals surface area contributed by atoms with Gasteiger partial charge in [-0.2, -0.15) is 0 Å². The average Bonchev–Trinajstić information content (AvgIpc) is 2.61. The van der Waals surface area contributed by atoms with Gasteiger partial charge < -0.3 is 14.7 Å². The first-order valence-electron chi connectivity index (χ1n) is 8.24. The van der Waals surface area contributed by atoms with Crippen molar-refractivity contribution in [1.82, 2.24) is 10.2 Å². The first-order chi connectivity index (χ1) is 9.89. The van der Waals surface area contributed by atoms with E-state index in [4.69, 9.17) is 4.74 Å². The highest BCUT2D eigenvalue weighted by Gasteiger charge is 2.36. The van der Waals surface area contributed by atoms with Gasteiger partial charge in [0.25, 0.3) is 0 Å². The van der Waals surface area contributed by atoms with E-state index in [1.807, 2.05) is 20.8 Å². The summed E-state index contributed by atoms with van der Waals surface area (Å²) in [6.07, 6.45) is 3.51. The fourth-order valence-corrected chi connectivity index (χ4v) is 3.11. The van der Waals surface area contributed by atoms with Crippen LogP contribution in [-0.2, 0) is 9.53 Å². The molecule has 0 amide bonds. The largest absolute Gasteiger partial charge is 0.480 e. The quantitative estimate of drug-likeness (QED) is 0.719. The van der Waals surface area contributed by atoms with Crippen LogP contribution < -0.4 is 5.32 Å². The van der Waals surface area contributed by atoms with E-state index in [9.17, 15) is 9.90 Å². The van der Waals surface area contributed by atoms with Crippen molar-refractivity contribution in [3.8, 4) is 0 Å². The standard InChI is InChI=1S/C16H32N2O3/c1-5-16(15(19)20,17-13(2)3)8-6-9-18-10-7-11-21-14(4)12-18/h13-14,17H,5-12H2,1-4H3,(H,19,20). The number of hydrogen-bond acceptors (Lipinski definition) is 4. The number of carboxylic acid groups (broad SMARTS) is 1. The van der Waals surface area contributed by atoms with Crippen LogP contribution in [-0.4, -0.2) is 59.9 Å². The lowest BCUT2D eigenvalue weighted by molar-refractivity contribution is -0.145. The van der Waals surface area contributed by atoms with Crippen LogP contribution in [0.2, 0.25) is 0 Å². The Hall–Kier alpha value is -0.650. The second kappa shape index (κ2) is 8.71. The number of nitrogens with zero attached hydrogens (tertiary/aromatic N) is 1. The van der Waals surface area contributed by atoms with Gasteiger partial charge in [0.05, 0.1) is 6.10 Å². The molecule has 0 aromatic carbocycles. The van der Waals surface area contributed by atoms with E-state index >= 15 is 0 Å². The normalized spacial score (nSPS) is 23.8. The van der Waals surface area contributed by atoms with Crippen molar-refractivity contribution >= 4 is 5.97 Å². The van der Waals surface area contributed by atoms with Crippen LogP contribution in [0.1, 0.15) is 53.4 Å². The van der Waals surface area contributed by atoms with Crippen LogP contribution in [0.4, 0.5) is 0 Å². The van der Waals surface area contributed by atoms with E-state index in [0.717, 1.165) is 39.1 Å². The maximum atomic E-state index is 11.7. The molecule has 2 atom stereocenters. The van der Waals surface area contributed by atoms with Crippen LogP contribution in [0.15, 0.2) is 0 Å². The van der Waals surface area contributed by atoms with Gasteiger partial charge in [0.1, 0.15) is 5.54 Å². The molecule has 2 unspecified atom stereocenters. The van der Waals surface area contributed by atoms with E-state index in [-0.39, 0.29) is 12.1 Å². The number of carbonyl (C=O) groups is 1. The molecule has 0 aromatic heterocycles. The molecule has 2 N–H and O–H groups in total. The van der Waals surface area contributed by atoms with Crippen molar-refractivity contribution in [3.63, 3.8) is 0 Å². The number of nitrogens with one attached hydrogen (secondary N) is 1. The summed E-state index contributed by atoms with van der Waals surface area (Å²) in [5.74, 6) is -0.730. The average molecular weight is 300 g/mol. The zero-order chi connectivity index (χ0) is 15.9. The predicted molar refractivity (Wildman–Crippen MR) is 84.6 cm³/mol. The molecular formula is C16H32N2O3. The Labute approximate surface area is 129 Å². The molecule has 1 saturated heterocycles. The van der Waals surface area contributed by atoms with Crippen LogP contribution in [0.5, 0.6) is 0 Å². The summed E-state index contributed by atoms with van der Waals surface area (Å²) in [7, 11) is 0. The molecule has 0 radical (unpaired) electrons. The third kappa shape index (κ3) is 5.93.